The van der Waals surface area contributed by atoms with Crippen LogP contribution in [-0.2, 0) is 20.1 Å². The molecule has 1 heterocycles. The van der Waals surface area contributed by atoms with Crippen molar-refractivity contribution in [2.24, 2.45) is 7.05 Å². The highest BCUT2D eigenvalue weighted by atomic mass is 15.3. The first-order valence-electron chi connectivity index (χ1n) is 5.50. The number of aromatic nitrogens is 2. The Balaban J connectivity index is 1.87. The van der Waals surface area contributed by atoms with E-state index in [0.717, 1.165) is 18.8 Å². The molecule has 0 aliphatic rings. The van der Waals surface area contributed by atoms with Crippen LogP contribution in [0.25, 0.3) is 0 Å². The number of nitrogens with one attached hydrogen (secondary N) is 1. The molecule has 84 valence electrons. The molecule has 1 aromatic carbocycles. The standard InChI is InChI=1S/C13H17N3/c1-11-8-13(16(2)15-11)10-14-9-12-6-4-3-5-7-12/h3-8,14H,9-10H2,1-2H3. The van der Waals surface area contributed by atoms with Gasteiger partial charge in [0.15, 0.2) is 0 Å². The SMILES string of the molecule is Cc1cc(CNCc2ccccc2)n(C)n1. The fraction of sp³-hybridized carbons (Fsp3) is 0.308. The Morgan fingerprint density at radius 2 is 1.94 bits per heavy atom. The lowest BCUT2D eigenvalue weighted by molar-refractivity contribution is 0.624. The van der Waals surface area contributed by atoms with Gasteiger partial charge >= 0.3 is 0 Å². The van der Waals surface area contributed by atoms with Gasteiger partial charge in [-0.15, -0.1) is 0 Å². The van der Waals surface area contributed by atoms with E-state index in [4.69, 9.17) is 0 Å². The molecule has 0 aliphatic heterocycles. The van der Waals surface area contributed by atoms with Crippen molar-refractivity contribution in [3.63, 3.8) is 0 Å². The van der Waals surface area contributed by atoms with E-state index < -0.39 is 0 Å². The summed E-state index contributed by atoms with van der Waals surface area (Å²) < 4.78 is 1.92. The Hall–Kier alpha value is -1.61. The number of benzene rings is 1. The first-order chi connectivity index (χ1) is 7.75. The maximum atomic E-state index is 4.31. The zero-order valence-corrected chi connectivity index (χ0v) is 9.77. The molecule has 0 radical (unpaired) electrons. The van der Waals surface area contributed by atoms with Crippen LogP contribution in [0.4, 0.5) is 0 Å². The zero-order valence-electron chi connectivity index (χ0n) is 9.77. The van der Waals surface area contributed by atoms with Crippen molar-refractivity contribution in [1.82, 2.24) is 15.1 Å². The number of nitrogens with zero attached hydrogens (tertiary/aromatic N) is 2. The monoisotopic (exact) mass is 215 g/mol. The predicted octanol–water partition coefficient (Wildman–Crippen LogP) is 2.02. The largest absolute Gasteiger partial charge is 0.307 e. The van der Waals surface area contributed by atoms with Gasteiger partial charge in [0, 0.05) is 20.1 Å². The third-order valence-electron chi connectivity index (χ3n) is 2.58. The van der Waals surface area contributed by atoms with Crippen LogP contribution in [0.3, 0.4) is 0 Å². The van der Waals surface area contributed by atoms with Crippen molar-refractivity contribution in [2.45, 2.75) is 20.0 Å². The lowest BCUT2D eigenvalue weighted by atomic mass is 10.2. The van der Waals surface area contributed by atoms with Crippen molar-refractivity contribution in [1.29, 1.82) is 0 Å². The molecule has 0 bridgehead atoms. The van der Waals surface area contributed by atoms with Crippen LogP contribution < -0.4 is 5.32 Å². The second-order valence-corrected chi connectivity index (χ2v) is 3.99. The molecule has 0 aliphatic carbocycles. The molecule has 3 heteroatoms. The van der Waals surface area contributed by atoms with Crippen molar-refractivity contribution < 1.29 is 0 Å². The number of hydrogen-bond acceptors (Lipinski definition) is 2. The quantitative estimate of drug-likeness (QED) is 0.845. The van der Waals surface area contributed by atoms with Gasteiger partial charge in [-0.2, -0.15) is 5.10 Å². The lowest BCUT2D eigenvalue weighted by Gasteiger charge is -2.04. The molecule has 0 spiro atoms. The molecule has 0 amide bonds. The normalized spacial score (nSPS) is 10.6. The molecule has 0 unspecified atom stereocenters. The van der Waals surface area contributed by atoms with Gasteiger partial charge in [0.1, 0.15) is 0 Å². The van der Waals surface area contributed by atoms with E-state index in [1.807, 2.05) is 24.7 Å². The summed E-state index contributed by atoms with van der Waals surface area (Å²) in [4.78, 5) is 0. The molecule has 0 saturated carbocycles. The van der Waals surface area contributed by atoms with Crippen molar-refractivity contribution >= 4 is 0 Å². The summed E-state index contributed by atoms with van der Waals surface area (Å²) in [7, 11) is 1.98. The average molecular weight is 215 g/mol. The third kappa shape index (κ3) is 2.70. The molecule has 1 aromatic heterocycles. The van der Waals surface area contributed by atoms with Crippen LogP contribution in [0.1, 0.15) is 17.0 Å². The maximum absolute atomic E-state index is 4.31. The van der Waals surface area contributed by atoms with Gasteiger partial charge in [0.2, 0.25) is 0 Å². The lowest BCUT2D eigenvalue weighted by Crippen LogP contribution is -2.15. The first kappa shape index (κ1) is 10.9. The van der Waals surface area contributed by atoms with Gasteiger partial charge in [0.25, 0.3) is 0 Å². The Morgan fingerprint density at radius 3 is 2.56 bits per heavy atom. The smallest absolute Gasteiger partial charge is 0.0597 e. The van der Waals surface area contributed by atoms with Crippen LogP contribution in [0.15, 0.2) is 36.4 Å². The topological polar surface area (TPSA) is 29.9 Å². The molecule has 1 N–H and O–H groups in total. The molecule has 0 saturated heterocycles. The van der Waals surface area contributed by atoms with Crippen molar-refractivity contribution in [3.8, 4) is 0 Å². The molecule has 0 fully saturated rings. The van der Waals surface area contributed by atoms with Crippen molar-refractivity contribution in [3.05, 3.63) is 53.3 Å². The fourth-order valence-corrected chi connectivity index (χ4v) is 1.76. The van der Waals surface area contributed by atoms with Crippen LogP contribution in [0.5, 0.6) is 0 Å². The van der Waals surface area contributed by atoms with Gasteiger partial charge in [-0.25, -0.2) is 0 Å². The first-order valence-corrected chi connectivity index (χ1v) is 5.50. The van der Waals surface area contributed by atoms with Crippen LogP contribution in [0, 0.1) is 6.92 Å². The summed E-state index contributed by atoms with van der Waals surface area (Å²) in [5, 5.41) is 7.72. The van der Waals surface area contributed by atoms with Gasteiger partial charge in [0.05, 0.1) is 11.4 Å². The number of hydrogen-bond donors (Lipinski definition) is 1. The molecular formula is C13H17N3. The molecular weight excluding hydrogens is 198 g/mol. The Bertz CT molecular complexity index is 445. The van der Waals surface area contributed by atoms with Gasteiger partial charge in [-0.1, -0.05) is 30.3 Å². The second-order valence-electron chi connectivity index (χ2n) is 3.99. The van der Waals surface area contributed by atoms with Gasteiger partial charge < -0.3 is 5.32 Å². The minimum absolute atomic E-state index is 0.853. The van der Waals surface area contributed by atoms with E-state index in [0.29, 0.717) is 0 Å². The Kier molecular flexibility index (Phi) is 3.37. The summed E-state index contributed by atoms with van der Waals surface area (Å²) in [6.45, 7) is 3.76. The van der Waals surface area contributed by atoms with Crippen LogP contribution in [-0.4, -0.2) is 9.78 Å². The van der Waals surface area contributed by atoms with Crippen LogP contribution in [0.2, 0.25) is 0 Å². The Morgan fingerprint density at radius 1 is 1.19 bits per heavy atom. The fourth-order valence-electron chi connectivity index (χ4n) is 1.76. The van der Waals surface area contributed by atoms with Gasteiger partial charge in [-0.05, 0) is 18.6 Å². The second kappa shape index (κ2) is 4.94. The average Bonchev–Trinajstić information content (AvgIpc) is 2.59. The molecule has 2 aromatic rings. The van der Waals surface area contributed by atoms with Gasteiger partial charge in [-0.3, -0.25) is 4.68 Å². The summed E-state index contributed by atoms with van der Waals surface area (Å²) in [6.07, 6.45) is 0. The molecule has 0 atom stereocenters. The van der Waals surface area contributed by atoms with E-state index in [-0.39, 0.29) is 0 Å². The minimum Gasteiger partial charge on any atom is -0.307 e. The summed E-state index contributed by atoms with van der Waals surface area (Å²) in [5.41, 5.74) is 3.59. The van der Waals surface area contributed by atoms with E-state index in [1.54, 1.807) is 0 Å². The maximum Gasteiger partial charge on any atom is 0.0597 e. The molecule has 16 heavy (non-hydrogen) atoms. The molecule has 3 nitrogen and oxygen atoms in total. The van der Waals surface area contributed by atoms with E-state index in [2.05, 4.69) is 40.7 Å². The van der Waals surface area contributed by atoms with E-state index in [9.17, 15) is 0 Å². The zero-order chi connectivity index (χ0) is 11.4. The Labute approximate surface area is 96.1 Å². The summed E-state index contributed by atoms with van der Waals surface area (Å²) in [6, 6.07) is 12.5. The third-order valence-corrected chi connectivity index (χ3v) is 2.58. The summed E-state index contributed by atoms with van der Waals surface area (Å²) >= 11 is 0. The minimum atomic E-state index is 0.853. The number of aryl methyl sites for hydroxylation is 2. The highest BCUT2D eigenvalue weighted by Gasteiger charge is 2.00. The molecule has 2 rings (SSSR count). The summed E-state index contributed by atoms with van der Waals surface area (Å²) in [5.74, 6) is 0. The number of rotatable bonds is 4. The van der Waals surface area contributed by atoms with E-state index >= 15 is 0 Å². The van der Waals surface area contributed by atoms with E-state index in [1.165, 1.54) is 11.3 Å². The van der Waals surface area contributed by atoms with Crippen molar-refractivity contribution in [2.75, 3.05) is 0 Å². The highest BCUT2D eigenvalue weighted by molar-refractivity contribution is 5.14. The predicted molar refractivity (Wildman–Crippen MR) is 64.9 cm³/mol. The highest BCUT2D eigenvalue weighted by Crippen LogP contribution is 2.02. The van der Waals surface area contributed by atoms with Crippen LogP contribution >= 0.6 is 0 Å².